The number of hydrogen-bond acceptors (Lipinski definition) is 4. The van der Waals surface area contributed by atoms with Crippen molar-refractivity contribution in [1.29, 1.82) is 0 Å². The van der Waals surface area contributed by atoms with Crippen molar-refractivity contribution < 1.29 is 14.3 Å². The summed E-state index contributed by atoms with van der Waals surface area (Å²) in [7, 11) is 1.69. The number of likely N-dealkylation sites (tertiary alicyclic amines) is 1. The number of nitrogens with zero attached hydrogens (tertiary/aromatic N) is 2. The fraction of sp³-hybridized carbons (Fsp3) is 0.684. The third-order valence-electron chi connectivity index (χ3n) is 5.34. The highest BCUT2D eigenvalue weighted by Crippen LogP contribution is 2.59. The summed E-state index contributed by atoms with van der Waals surface area (Å²) in [5.74, 6) is 0.494. The van der Waals surface area contributed by atoms with Crippen molar-refractivity contribution in [2.75, 3.05) is 20.2 Å². The SMILES string of the molecule is CO[C@@H](C)c1ncc(C23CCN(C(=O)OC(C)(C)C)CC2C3)cc1Br. The summed E-state index contributed by atoms with van der Waals surface area (Å²) in [6, 6.07) is 2.18. The van der Waals surface area contributed by atoms with Gasteiger partial charge in [0.05, 0.1) is 11.8 Å². The molecule has 3 rings (SSSR count). The predicted octanol–water partition coefficient (Wildman–Crippen LogP) is 4.45. The maximum absolute atomic E-state index is 12.3. The number of pyridine rings is 1. The van der Waals surface area contributed by atoms with E-state index in [4.69, 9.17) is 9.47 Å². The molecule has 3 atom stereocenters. The van der Waals surface area contributed by atoms with E-state index in [-0.39, 0.29) is 17.6 Å². The van der Waals surface area contributed by atoms with E-state index in [2.05, 4.69) is 27.0 Å². The number of carbonyl (C=O) groups is 1. The first kappa shape index (κ1) is 18.6. The van der Waals surface area contributed by atoms with Crippen molar-refractivity contribution in [1.82, 2.24) is 9.88 Å². The lowest BCUT2D eigenvalue weighted by Gasteiger charge is -2.33. The number of carbonyl (C=O) groups excluding carboxylic acids is 1. The standard InChI is InChI=1S/C19H27BrN2O3/c1-12(24-5)16-15(20)8-13(10-21-16)19-6-7-22(11-14(19)9-19)17(23)25-18(2,3)4/h8,10,12,14H,6-7,9,11H2,1-5H3/t12-,14?,19?/m0/s1. The molecule has 1 saturated heterocycles. The zero-order chi connectivity index (χ0) is 18.4. The topological polar surface area (TPSA) is 51.7 Å². The first-order valence-corrected chi connectivity index (χ1v) is 9.62. The number of aromatic nitrogens is 1. The molecule has 6 heteroatoms. The molecule has 5 nitrogen and oxygen atoms in total. The molecule has 2 fully saturated rings. The predicted molar refractivity (Wildman–Crippen MR) is 99.6 cm³/mol. The summed E-state index contributed by atoms with van der Waals surface area (Å²) in [5.41, 5.74) is 1.91. The molecule has 1 aromatic heterocycles. The second-order valence-corrected chi connectivity index (χ2v) is 9.06. The molecule has 0 N–H and O–H groups in total. The molecular formula is C19H27BrN2O3. The zero-order valence-electron chi connectivity index (χ0n) is 15.6. The number of ether oxygens (including phenoxy) is 2. The average molecular weight is 411 g/mol. The third kappa shape index (κ3) is 3.70. The molecule has 2 unspecified atom stereocenters. The maximum Gasteiger partial charge on any atom is 0.410 e. The fourth-order valence-corrected chi connectivity index (χ4v) is 4.41. The van der Waals surface area contributed by atoms with Crippen molar-refractivity contribution >= 4 is 22.0 Å². The Morgan fingerprint density at radius 2 is 2.20 bits per heavy atom. The van der Waals surface area contributed by atoms with Gasteiger partial charge in [0.15, 0.2) is 0 Å². The van der Waals surface area contributed by atoms with Gasteiger partial charge in [-0.15, -0.1) is 0 Å². The third-order valence-corrected chi connectivity index (χ3v) is 5.97. The highest BCUT2D eigenvalue weighted by atomic mass is 79.9. The minimum atomic E-state index is -0.447. The van der Waals surface area contributed by atoms with Gasteiger partial charge in [-0.3, -0.25) is 4.98 Å². The lowest BCUT2D eigenvalue weighted by molar-refractivity contribution is 0.0198. The van der Waals surface area contributed by atoms with E-state index in [0.29, 0.717) is 5.92 Å². The Balaban J connectivity index is 1.69. The van der Waals surface area contributed by atoms with Gasteiger partial charge in [-0.2, -0.15) is 0 Å². The van der Waals surface area contributed by atoms with Gasteiger partial charge in [-0.05, 0) is 74.0 Å². The quantitative estimate of drug-likeness (QED) is 0.738. The summed E-state index contributed by atoms with van der Waals surface area (Å²) in [6.07, 6.45) is 3.82. The number of methoxy groups -OCH3 is 1. The fourth-order valence-electron chi connectivity index (χ4n) is 3.74. The van der Waals surface area contributed by atoms with Crippen molar-refractivity contribution in [2.24, 2.45) is 5.92 Å². The maximum atomic E-state index is 12.3. The lowest BCUT2D eigenvalue weighted by Crippen LogP contribution is -2.43. The Labute approximate surface area is 158 Å². The van der Waals surface area contributed by atoms with E-state index in [1.54, 1.807) is 7.11 Å². The first-order valence-electron chi connectivity index (χ1n) is 8.83. The van der Waals surface area contributed by atoms with Gasteiger partial charge in [-0.25, -0.2) is 4.79 Å². The molecule has 0 bridgehead atoms. The largest absolute Gasteiger partial charge is 0.444 e. The van der Waals surface area contributed by atoms with Crippen LogP contribution in [-0.2, 0) is 14.9 Å². The van der Waals surface area contributed by atoms with Crippen LogP contribution < -0.4 is 0 Å². The van der Waals surface area contributed by atoms with E-state index in [0.717, 1.165) is 36.1 Å². The van der Waals surface area contributed by atoms with Gasteiger partial charge < -0.3 is 14.4 Å². The number of halogens is 1. The van der Waals surface area contributed by atoms with E-state index in [9.17, 15) is 4.79 Å². The van der Waals surface area contributed by atoms with Crippen molar-refractivity contribution in [3.63, 3.8) is 0 Å². The van der Waals surface area contributed by atoms with Crippen molar-refractivity contribution in [3.05, 3.63) is 28.0 Å². The summed E-state index contributed by atoms with van der Waals surface area (Å²) < 4.78 is 11.9. The van der Waals surface area contributed by atoms with Gasteiger partial charge >= 0.3 is 6.09 Å². The molecule has 2 aliphatic rings. The van der Waals surface area contributed by atoms with Gasteiger partial charge in [-0.1, -0.05) is 0 Å². The van der Waals surface area contributed by atoms with Crippen LogP contribution in [0.4, 0.5) is 4.79 Å². The molecular weight excluding hydrogens is 384 g/mol. The Bertz CT molecular complexity index is 673. The molecule has 1 saturated carbocycles. The molecule has 1 aliphatic heterocycles. The van der Waals surface area contributed by atoms with Crippen LogP contribution in [0.2, 0.25) is 0 Å². The van der Waals surface area contributed by atoms with Crippen LogP contribution >= 0.6 is 15.9 Å². The van der Waals surface area contributed by atoms with E-state index >= 15 is 0 Å². The molecule has 25 heavy (non-hydrogen) atoms. The van der Waals surface area contributed by atoms with Crippen LogP contribution in [0.25, 0.3) is 0 Å². The van der Waals surface area contributed by atoms with E-state index in [1.165, 1.54) is 5.56 Å². The molecule has 0 spiro atoms. The van der Waals surface area contributed by atoms with Crippen LogP contribution in [0, 0.1) is 5.92 Å². The average Bonchev–Trinajstić information content (AvgIpc) is 3.27. The van der Waals surface area contributed by atoms with E-state index in [1.807, 2.05) is 38.8 Å². The van der Waals surface area contributed by atoms with Crippen molar-refractivity contribution in [3.8, 4) is 0 Å². The Kier molecular flexibility index (Phi) is 4.88. The van der Waals surface area contributed by atoms with Gasteiger partial charge in [0, 0.05) is 36.3 Å². The Morgan fingerprint density at radius 3 is 2.76 bits per heavy atom. The number of rotatable bonds is 3. The number of hydrogen-bond donors (Lipinski definition) is 0. The smallest absolute Gasteiger partial charge is 0.410 e. The Morgan fingerprint density at radius 1 is 1.48 bits per heavy atom. The molecule has 1 amide bonds. The lowest BCUT2D eigenvalue weighted by atomic mass is 9.88. The van der Waals surface area contributed by atoms with Crippen LogP contribution in [-0.4, -0.2) is 41.8 Å². The monoisotopic (exact) mass is 410 g/mol. The molecule has 2 heterocycles. The highest BCUT2D eigenvalue weighted by molar-refractivity contribution is 9.10. The first-order chi connectivity index (χ1) is 11.7. The van der Waals surface area contributed by atoms with Crippen molar-refractivity contribution in [2.45, 2.75) is 57.7 Å². The van der Waals surface area contributed by atoms with Crippen LogP contribution in [0.5, 0.6) is 0 Å². The number of fused-ring (bicyclic) bond motifs is 1. The van der Waals surface area contributed by atoms with Crippen LogP contribution in [0.15, 0.2) is 16.7 Å². The molecule has 138 valence electrons. The Hall–Kier alpha value is -1.14. The number of amides is 1. The second-order valence-electron chi connectivity index (χ2n) is 8.20. The van der Waals surface area contributed by atoms with Crippen LogP contribution in [0.1, 0.15) is 57.9 Å². The summed E-state index contributed by atoms with van der Waals surface area (Å²) in [5, 5.41) is 0. The summed E-state index contributed by atoms with van der Waals surface area (Å²) >= 11 is 3.64. The van der Waals surface area contributed by atoms with Gasteiger partial charge in [0.25, 0.3) is 0 Å². The summed E-state index contributed by atoms with van der Waals surface area (Å²) in [6.45, 7) is 9.21. The number of piperidine rings is 1. The van der Waals surface area contributed by atoms with Gasteiger partial charge in [0.1, 0.15) is 5.60 Å². The van der Waals surface area contributed by atoms with Crippen LogP contribution in [0.3, 0.4) is 0 Å². The minimum absolute atomic E-state index is 0.0371. The molecule has 1 aromatic rings. The normalized spacial score (nSPS) is 26.8. The molecule has 0 aromatic carbocycles. The summed E-state index contributed by atoms with van der Waals surface area (Å²) in [4.78, 5) is 18.8. The highest BCUT2D eigenvalue weighted by Gasteiger charge is 2.58. The molecule has 1 aliphatic carbocycles. The zero-order valence-corrected chi connectivity index (χ0v) is 17.2. The minimum Gasteiger partial charge on any atom is -0.444 e. The second kappa shape index (κ2) is 6.54. The molecule has 0 radical (unpaired) electrons. The van der Waals surface area contributed by atoms with E-state index < -0.39 is 5.60 Å². The van der Waals surface area contributed by atoms with Gasteiger partial charge in [0.2, 0.25) is 0 Å².